The summed E-state index contributed by atoms with van der Waals surface area (Å²) in [5.41, 5.74) is -0.443. The number of hydrogen-bond donors (Lipinski definition) is 0. The number of nitro groups is 1. The molecule has 2 aromatic carbocycles. The molecule has 10 heteroatoms. The lowest BCUT2D eigenvalue weighted by Crippen LogP contribution is -2.54. The van der Waals surface area contributed by atoms with Crippen LogP contribution in [0.4, 0.5) is 11.4 Å². The van der Waals surface area contributed by atoms with Crippen molar-refractivity contribution in [3.8, 4) is 11.8 Å². The van der Waals surface area contributed by atoms with Crippen molar-refractivity contribution in [2.45, 2.75) is 18.4 Å². The minimum Gasteiger partial charge on any atom is -0.497 e. The van der Waals surface area contributed by atoms with Crippen molar-refractivity contribution in [2.24, 2.45) is 5.10 Å². The summed E-state index contributed by atoms with van der Waals surface area (Å²) in [6.07, 6.45) is 0. The van der Waals surface area contributed by atoms with Gasteiger partial charge in [-0.1, -0.05) is 18.2 Å². The maximum atomic E-state index is 13.5. The van der Waals surface area contributed by atoms with Crippen LogP contribution in [0.15, 0.2) is 71.1 Å². The lowest BCUT2D eigenvalue weighted by atomic mass is 9.77. The summed E-state index contributed by atoms with van der Waals surface area (Å²) in [4.78, 5) is 24.9. The Kier molecular flexibility index (Phi) is 6.30. The third-order valence-electron chi connectivity index (χ3n) is 5.52. The van der Waals surface area contributed by atoms with Crippen molar-refractivity contribution in [3.63, 3.8) is 0 Å². The van der Waals surface area contributed by atoms with Gasteiger partial charge in [0.05, 0.1) is 40.8 Å². The average molecular weight is 477 g/mol. The molecule has 3 aromatic rings. The number of thiophene rings is 1. The SMILES string of the molecule is CCOC(=O)[C@@]1(C#N)[C@H](c2ccc(OC)cc2)C(c2cccs2)=NN1c1ccc([N+](=O)[O-])cc1. The summed E-state index contributed by atoms with van der Waals surface area (Å²) in [6.45, 7) is 1.73. The summed E-state index contributed by atoms with van der Waals surface area (Å²) >= 11 is 1.43. The van der Waals surface area contributed by atoms with Gasteiger partial charge < -0.3 is 9.47 Å². The molecule has 34 heavy (non-hydrogen) atoms. The number of nitriles is 1. The Morgan fingerprint density at radius 1 is 1.24 bits per heavy atom. The van der Waals surface area contributed by atoms with Gasteiger partial charge in [0, 0.05) is 12.1 Å². The van der Waals surface area contributed by atoms with Crippen LogP contribution in [0.2, 0.25) is 0 Å². The van der Waals surface area contributed by atoms with Crippen LogP contribution < -0.4 is 9.75 Å². The summed E-state index contributed by atoms with van der Waals surface area (Å²) in [5.74, 6) is -0.925. The van der Waals surface area contributed by atoms with Crippen LogP contribution >= 0.6 is 11.3 Å². The Balaban J connectivity index is 1.95. The van der Waals surface area contributed by atoms with Crippen molar-refractivity contribution in [2.75, 3.05) is 18.7 Å². The third kappa shape index (κ3) is 3.76. The van der Waals surface area contributed by atoms with Gasteiger partial charge in [-0.25, -0.2) is 9.80 Å². The fraction of sp³-hybridized carbons (Fsp3) is 0.208. The molecule has 0 fully saturated rings. The van der Waals surface area contributed by atoms with Crippen LogP contribution in [-0.2, 0) is 9.53 Å². The zero-order chi connectivity index (χ0) is 24.3. The van der Waals surface area contributed by atoms with Crippen LogP contribution in [-0.4, -0.2) is 35.9 Å². The fourth-order valence-corrected chi connectivity index (χ4v) is 4.70. The number of non-ortho nitro benzene ring substituents is 1. The van der Waals surface area contributed by atoms with Gasteiger partial charge in [-0.3, -0.25) is 10.1 Å². The number of esters is 1. The summed E-state index contributed by atoms with van der Waals surface area (Å²) in [6, 6.07) is 18.6. The second kappa shape index (κ2) is 9.33. The van der Waals surface area contributed by atoms with Crippen molar-refractivity contribution in [1.82, 2.24) is 0 Å². The first-order valence-electron chi connectivity index (χ1n) is 10.4. The Morgan fingerprint density at radius 3 is 2.47 bits per heavy atom. The standard InChI is InChI=1S/C24H20N4O5S/c1-3-33-23(29)24(15-25)21(16-6-12-19(32-2)13-7-16)22(20-5-4-14-34-20)26-27(24)17-8-10-18(11-9-17)28(30)31/h4-14,21H,3H2,1-2H3/t21-,24-/m1/s1. The predicted molar refractivity (Wildman–Crippen MR) is 127 cm³/mol. The van der Waals surface area contributed by atoms with Gasteiger partial charge in [0.25, 0.3) is 11.2 Å². The minimum absolute atomic E-state index is 0.0695. The quantitative estimate of drug-likeness (QED) is 0.280. The van der Waals surface area contributed by atoms with E-state index >= 15 is 0 Å². The maximum absolute atomic E-state index is 13.5. The van der Waals surface area contributed by atoms with Gasteiger partial charge >= 0.3 is 5.97 Å². The number of hydrogen-bond acceptors (Lipinski definition) is 9. The number of carbonyl (C=O) groups excluding carboxylic acids is 1. The molecule has 0 N–H and O–H groups in total. The number of rotatable bonds is 7. The number of nitrogens with zero attached hydrogens (tertiary/aromatic N) is 4. The van der Waals surface area contributed by atoms with E-state index in [9.17, 15) is 20.2 Å². The first-order valence-corrected chi connectivity index (χ1v) is 11.2. The molecule has 1 aromatic heterocycles. The van der Waals surface area contributed by atoms with E-state index in [1.807, 2.05) is 17.5 Å². The molecule has 0 aliphatic carbocycles. The Labute approximate surface area is 199 Å². The van der Waals surface area contributed by atoms with E-state index in [4.69, 9.17) is 14.6 Å². The lowest BCUT2D eigenvalue weighted by Gasteiger charge is -2.34. The van der Waals surface area contributed by atoms with E-state index in [1.165, 1.54) is 40.6 Å². The monoisotopic (exact) mass is 476 g/mol. The van der Waals surface area contributed by atoms with Gasteiger partial charge in [0.2, 0.25) is 0 Å². The molecule has 1 aliphatic heterocycles. The highest BCUT2D eigenvalue weighted by molar-refractivity contribution is 7.12. The van der Waals surface area contributed by atoms with E-state index in [0.29, 0.717) is 22.7 Å². The Morgan fingerprint density at radius 2 is 1.94 bits per heavy atom. The highest BCUT2D eigenvalue weighted by atomic mass is 32.1. The van der Waals surface area contributed by atoms with Crippen molar-refractivity contribution < 1.29 is 19.2 Å². The molecule has 0 saturated carbocycles. The second-order valence-corrected chi connectivity index (χ2v) is 8.30. The number of nitro benzene ring substituents is 1. The van der Waals surface area contributed by atoms with Crippen LogP contribution in [0.1, 0.15) is 23.3 Å². The number of hydrazone groups is 1. The molecule has 0 saturated heterocycles. The largest absolute Gasteiger partial charge is 0.497 e. The van der Waals surface area contributed by atoms with Gasteiger partial charge in [-0.2, -0.15) is 10.4 Å². The fourth-order valence-electron chi connectivity index (χ4n) is 3.96. The van der Waals surface area contributed by atoms with Crippen molar-refractivity contribution in [3.05, 3.63) is 86.6 Å². The highest BCUT2D eigenvalue weighted by Crippen LogP contribution is 2.46. The number of ether oxygens (including phenoxy) is 2. The van der Waals surface area contributed by atoms with Gasteiger partial charge in [-0.15, -0.1) is 11.3 Å². The third-order valence-corrected chi connectivity index (χ3v) is 6.41. The highest BCUT2D eigenvalue weighted by Gasteiger charge is 2.60. The lowest BCUT2D eigenvalue weighted by molar-refractivity contribution is -0.384. The molecule has 0 amide bonds. The van der Waals surface area contributed by atoms with Crippen LogP contribution in [0, 0.1) is 21.4 Å². The molecule has 1 aliphatic rings. The zero-order valence-corrected chi connectivity index (χ0v) is 19.2. The van der Waals surface area contributed by atoms with E-state index in [2.05, 4.69) is 6.07 Å². The number of benzene rings is 2. The number of carbonyl (C=O) groups is 1. The maximum Gasteiger partial charge on any atom is 0.350 e. The summed E-state index contributed by atoms with van der Waals surface area (Å²) in [5, 5.41) is 29.6. The smallest absolute Gasteiger partial charge is 0.350 e. The van der Waals surface area contributed by atoms with Crippen molar-refractivity contribution >= 4 is 34.4 Å². The molecule has 0 radical (unpaired) electrons. The molecule has 0 bridgehead atoms. The first-order chi connectivity index (χ1) is 16.5. The molecule has 4 rings (SSSR count). The molecule has 9 nitrogen and oxygen atoms in total. The van der Waals surface area contributed by atoms with Crippen LogP contribution in [0.5, 0.6) is 5.75 Å². The predicted octanol–water partition coefficient (Wildman–Crippen LogP) is 4.50. The van der Waals surface area contributed by atoms with E-state index in [0.717, 1.165) is 4.88 Å². The second-order valence-electron chi connectivity index (χ2n) is 7.35. The van der Waals surface area contributed by atoms with E-state index in [-0.39, 0.29) is 12.3 Å². The number of anilines is 1. The Hall–Kier alpha value is -4.23. The van der Waals surface area contributed by atoms with E-state index < -0.39 is 22.3 Å². The normalized spacial score (nSPS) is 19.3. The van der Waals surface area contributed by atoms with Gasteiger partial charge in [0.1, 0.15) is 11.8 Å². The summed E-state index contributed by atoms with van der Waals surface area (Å²) < 4.78 is 10.7. The topological polar surface area (TPSA) is 118 Å². The average Bonchev–Trinajstić information content (AvgIpc) is 3.51. The van der Waals surface area contributed by atoms with Crippen LogP contribution in [0.25, 0.3) is 0 Å². The van der Waals surface area contributed by atoms with Gasteiger partial charge in [-0.05, 0) is 48.2 Å². The molecule has 0 unspecified atom stereocenters. The molecule has 2 atom stereocenters. The first kappa shape index (κ1) is 22.9. The van der Waals surface area contributed by atoms with Crippen molar-refractivity contribution in [1.29, 1.82) is 5.26 Å². The molecular weight excluding hydrogens is 456 g/mol. The number of methoxy groups -OCH3 is 1. The molecule has 172 valence electrons. The zero-order valence-electron chi connectivity index (χ0n) is 18.4. The van der Waals surface area contributed by atoms with Crippen LogP contribution in [0.3, 0.4) is 0 Å². The minimum atomic E-state index is -1.87. The van der Waals surface area contributed by atoms with E-state index in [1.54, 1.807) is 38.3 Å². The summed E-state index contributed by atoms with van der Waals surface area (Å²) in [7, 11) is 1.55. The van der Waals surface area contributed by atoms with Gasteiger partial charge in [0.15, 0.2) is 0 Å². The molecule has 0 spiro atoms. The molecular formula is C24H20N4O5S. The molecule has 2 heterocycles. The Bertz CT molecular complexity index is 1270.